The molecule has 0 bridgehead atoms. The van der Waals surface area contributed by atoms with Crippen LogP contribution in [0.3, 0.4) is 0 Å². The van der Waals surface area contributed by atoms with Gasteiger partial charge in [0.1, 0.15) is 0 Å². The normalized spacial score (nSPS) is 16.3. The summed E-state index contributed by atoms with van der Waals surface area (Å²) in [6.07, 6.45) is 0. The first-order valence-electron chi connectivity index (χ1n) is 18.7. The van der Waals surface area contributed by atoms with Crippen LogP contribution in [0, 0.1) is 0 Å². The summed E-state index contributed by atoms with van der Waals surface area (Å²) >= 11 is 0. The molecule has 8 aromatic carbocycles. The maximum Gasteiger partial charge on any atom is 0.0748 e. The Labute approximate surface area is 310 Å². The number of para-hydroxylation sites is 3. The smallest absolute Gasteiger partial charge is 0.0748 e. The van der Waals surface area contributed by atoms with Crippen LogP contribution in [0.5, 0.6) is 0 Å². The monoisotopic (exact) mass is 675 g/mol. The Hall–Kier alpha value is -6.44. The van der Waals surface area contributed by atoms with Crippen molar-refractivity contribution in [2.45, 2.75) is 24.7 Å². The van der Waals surface area contributed by atoms with Crippen molar-refractivity contribution in [3.63, 3.8) is 0 Å². The largest absolute Gasteiger partial charge is 0.309 e. The number of benzene rings is 8. The molecule has 1 spiro atoms. The lowest BCUT2D eigenvalue weighted by Gasteiger charge is -2.50. The number of hydrogen-bond donors (Lipinski definition) is 0. The number of hydrogen-bond acceptors (Lipinski definition) is 0. The molecule has 0 saturated heterocycles. The van der Waals surface area contributed by atoms with Crippen LogP contribution in [-0.4, -0.2) is 4.57 Å². The number of fused-ring (bicyclic) bond motifs is 11. The zero-order valence-electron chi connectivity index (χ0n) is 29.8. The summed E-state index contributed by atoms with van der Waals surface area (Å²) < 4.78 is 2.53. The van der Waals surface area contributed by atoms with Gasteiger partial charge in [-0.1, -0.05) is 172 Å². The summed E-state index contributed by atoms with van der Waals surface area (Å²) in [4.78, 5) is 0. The second kappa shape index (κ2) is 11.0. The van der Waals surface area contributed by atoms with E-state index in [9.17, 15) is 0 Å². The molecular weight excluding hydrogens is 639 g/mol. The highest BCUT2D eigenvalue weighted by Crippen LogP contribution is 2.61. The van der Waals surface area contributed by atoms with Gasteiger partial charge in [0.25, 0.3) is 0 Å². The van der Waals surface area contributed by atoms with Gasteiger partial charge in [-0.3, -0.25) is 0 Å². The van der Waals surface area contributed by atoms with Crippen LogP contribution in [0.1, 0.15) is 47.2 Å². The average molecular weight is 676 g/mol. The van der Waals surface area contributed by atoms with Gasteiger partial charge >= 0.3 is 0 Å². The van der Waals surface area contributed by atoms with E-state index in [2.05, 4.69) is 206 Å². The zero-order valence-corrected chi connectivity index (χ0v) is 29.8. The molecule has 53 heavy (non-hydrogen) atoms. The Morgan fingerprint density at radius 2 is 0.906 bits per heavy atom. The Balaban J connectivity index is 1.29. The van der Waals surface area contributed by atoms with Gasteiger partial charge in [0.2, 0.25) is 0 Å². The quantitative estimate of drug-likeness (QED) is 0.176. The van der Waals surface area contributed by atoms with Crippen molar-refractivity contribution >= 4 is 21.8 Å². The molecule has 1 aliphatic carbocycles. The highest BCUT2D eigenvalue weighted by atomic mass is 15.0. The second-order valence-corrected chi connectivity index (χ2v) is 15.3. The van der Waals surface area contributed by atoms with Gasteiger partial charge in [-0.15, -0.1) is 0 Å². The van der Waals surface area contributed by atoms with E-state index in [-0.39, 0.29) is 5.41 Å². The average Bonchev–Trinajstić information content (AvgIpc) is 3.56. The Kier molecular flexibility index (Phi) is 6.29. The van der Waals surface area contributed by atoms with Crippen LogP contribution in [0.15, 0.2) is 188 Å². The van der Waals surface area contributed by atoms with Gasteiger partial charge in [-0.05, 0) is 97.1 Å². The Morgan fingerprint density at radius 3 is 1.64 bits per heavy atom. The molecule has 9 aromatic rings. The van der Waals surface area contributed by atoms with Crippen LogP contribution in [-0.2, 0) is 10.8 Å². The van der Waals surface area contributed by atoms with Crippen molar-refractivity contribution in [1.29, 1.82) is 0 Å². The first-order chi connectivity index (χ1) is 26.1. The number of nitrogens with zero attached hydrogens (tertiary/aromatic N) is 1. The zero-order chi connectivity index (χ0) is 35.3. The summed E-state index contributed by atoms with van der Waals surface area (Å²) in [5.41, 5.74) is 18.6. The lowest BCUT2D eigenvalue weighted by atomic mass is 9.52. The number of aromatic nitrogens is 1. The third kappa shape index (κ3) is 4.02. The van der Waals surface area contributed by atoms with Crippen LogP contribution in [0.25, 0.3) is 60.9 Å². The van der Waals surface area contributed by atoms with E-state index in [0.29, 0.717) is 0 Å². The second-order valence-electron chi connectivity index (χ2n) is 15.3. The van der Waals surface area contributed by atoms with Crippen molar-refractivity contribution in [2.24, 2.45) is 0 Å². The molecule has 2 heterocycles. The number of rotatable bonds is 3. The molecular formula is C52H37N. The highest BCUT2D eigenvalue weighted by Gasteiger charge is 2.53. The molecule has 11 rings (SSSR count). The summed E-state index contributed by atoms with van der Waals surface area (Å²) in [5, 5.41) is 2.59. The van der Waals surface area contributed by atoms with E-state index in [0.717, 1.165) is 0 Å². The van der Waals surface area contributed by atoms with E-state index >= 15 is 0 Å². The summed E-state index contributed by atoms with van der Waals surface area (Å²) in [7, 11) is 0. The first kappa shape index (κ1) is 30.2. The molecule has 1 unspecified atom stereocenters. The van der Waals surface area contributed by atoms with Gasteiger partial charge in [0.05, 0.1) is 22.1 Å². The van der Waals surface area contributed by atoms with E-state index < -0.39 is 5.41 Å². The summed E-state index contributed by atoms with van der Waals surface area (Å²) in [5.74, 6) is 0. The molecule has 0 N–H and O–H groups in total. The Morgan fingerprint density at radius 1 is 0.377 bits per heavy atom. The molecule has 1 aromatic heterocycles. The fourth-order valence-corrected chi connectivity index (χ4v) is 10.1. The molecule has 0 amide bonds. The lowest BCUT2D eigenvalue weighted by Crippen LogP contribution is -2.44. The van der Waals surface area contributed by atoms with E-state index in [4.69, 9.17) is 0 Å². The van der Waals surface area contributed by atoms with E-state index in [1.807, 2.05) is 0 Å². The predicted octanol–water partition coefficient (Wildman–Crippen LogP) is 13.1. The highest BCUT2D eigenvalue weighted by molar-refractivity contribution is 6.12. The third-order valence-corrected chi connectivity index (χ3v) is 12.2. The maximum absolute atomic E-state index is 2.53. The van der Waals surface area contributed by atoms with Crippen LogP contribution in [0.4, 0.5) is 0 Å². The maximum atomic E-state index is 2.53. The van der Waals surface area contributed by atoms with Crippen molar-refractivity contribution in [3.8, 4) is 39.1 Å². The third-order valence-electron chi connectivity index (χ3n) is 12.2. The van der Waals surface area contributed by atoms with Crippen molar-refractivity contribution in [2.75, 3.05) is 0 Å². The van der Waals surface area contributed by atoms with Crippen LogP contribution < -0.4 is 0 Å². The van der Waals surface area contributed by atoms with Gasteiger partial charge < -0.3 is 4.57 Å². The standard InChI is InChI=1S/C52H37N/c1-51(2)42-24-10-11-25-43(42)52(44-26-12-14-30-48(44)53-47-29-13-9-21-40(47)41-23-16-28-46(52)50(41)53)45-27-15-22-39(49(45)51)38-32-36(34-17-5-3-6-18-34)31-37(33-38)35-19-7-4-8-20-35/h3-33H,1-2H3. The molecule has 0 fully saturated rings. The molecule has 1 aliphatic heterocycles. The molecule has 0 saturated carbocycles. The SMILES string of the molecule is CC1(C)c2ccccc2C2(c3ccccc3-n3c4ccccc4c4cccc2c43)c2cccc(-c3cc(-c4ccccc4)cc(-c4ccccc4)c3)c21. The van der Waals surface area contributed by atoms with Crippen molar-refractivity contribution < 1.29 is 0 Å². The minimum Gasteiger partial charge on any atom is -0.309 e. The van der Waals surface area contributed by atoms with Gasteiger partial charge in [-0.2, -0.15) is 0 Å². The van der Waals surface area contributed by atoms with Crippen LogP contribution in [0.2, 0.25) is 0 Å². The van der Waals surface area contributed by atoms with Crippen LogP contribution >= 0.6 is 0 Å². The lowest BCUT2D eigenvalue weighted by molar-refractivity contribution is 0.558. The van der Waals surface area contributed by atoms with E-state index in [1.165, 1.54) is 94.3 Å². The van der Waals surface area contributed by atoms with Gasteiger partial charge in [0, 0.05) is 16.2 Å². The minimum atomic E-state index is -0.531. The van der Waals surface area contributed by atoms with Gasteiger partial charge in [-0.25, -0.2) is 0 Å². The first-order valence-corrected chi connectivity index (χ1v) is 18.7. The molecule has 2 aliphatic rings. The summed E-state index contributed by atoms with van der Waals surface area (Å²) in [6.45, 7) is 4.87. The summed E-state index contributed by atoms with van der Waals surface area (Å²) in [6, 6.07) is 70.3. The minimum absolute atomic E-state index is 0.281. The van der Waals surface area contributed by atoms with E-state index in [1.54, 1.807) is 0 Å². The van der Waals surface area contributed by atoms with Crippen molar-refractivity contribution in [1.82, 2.24) is 4.57 Å². The van der Waals surface area contributed by atoms with Gasteiger partial charge in [0.15, 0.2) is 0 Å². The topological polar surface area (TPSA) is 4.93 Å². The molecule has 250 valence electrons. The fourth-order valence-electron chi connectivity index (χ4n) is 10.1. The molecule has 1 heteroatoms. The molecule has 1 atom stereocenters. The molecule has 0 radical (unpaired) electrons. The molecule has 1 nitrogen and oxygen atoms in total. The fraction of sp³-hybridized carbons (Fsp3) is 0.0769. The Bertz CT molecular complexity index is 2850. The van der Waals surface area contributed by atoms with Crippen molar-refractivity contribution in [3.05, 3.63) is 221 Å². The predicted molar refractivity (Wildman–Crippen MR) is 221 cm³/mol.